The predicted octanol–water partition coefficient (Wildman–Crippen LogP) is 5.70. The normalized spacial score (nSPS) is 11.8. The molecule has 0 saturated carbocycles. The van der Waals surface area contributed by atoms with E-state index in [0.29, 0.717) is 12.3 Å². The lowest BCUT2D eigenvalue weighted by atomic mass is 10.1. The Morgan fingerprint density at radius 2 is 1.73 bits per heavy atom. The minimum atomic E-state index is -4.85. The molecule has 0 saturated heterocycles. The summed E-state index contributed by atoms with van der Waals surface area (Å²) in [6.07, 6.45) is -7.59. The zero-order valence-corrected chi connectivity index (χ0v) is 17.1. The number of rotatable bonds is 6. The summed E-state index contributed by atoms with van der Waals surface area (Å²) in [4.78, 5) is 27.7. The third-order valence-electron chi connectivity index (χ3n) is 4.02. The lowest BCUT2D eigenvalue weighted by molar-refractivity contribution is -0.138. The highest BCUT2D eigenvalue weighted by Crippen LogP contribution is 2.37. The molecule has 0 fully saturated rings. The molecule has 0 spiro atoms. The Balaban J connectivity index is 1.67. The minimum Gasteiger partial charge on any atom is -0.459 e. The smallest absolute Gasteiger partial charge is 0.418 e. The van der Waals surface area contributed by atoms with E-state index < -0.39 is 46.7 Å². The monoisotopic (exact) mass is 489 g/mol. The SMILES string of the molecule is O=C(CSc1ccc(C(F)(F)F)cn1)Nc1ccc(NC(=O)c2ccco2)cc1C(F)(F)F. The Labute approximate surface area is 186 Å². The Morgan fingerprint density at radius 3 is 2.30 bits per heavy atom. The number of pyridine rings is 1. The quantitative estimate of drug-likeness (QED) is 0.343. The molecule has 13 heteroatoms. The molecule has 0 unspecified atom stereocenters. The second kappa shape index (κ2) is 9.57. The van der Waals surface area contributed by atoms with Gasteiger partial charge >= 0.3 is 12.4 Å². The van der Waals surface area contributed by atoms with E-state index in [9.17, 15) is 35.9 Å². The van der Waals surface area contributed by atoms with E-state index in [2.05, 4.69) is 15.6 Å². The van der Waals surface area contributed by atoms with Gasteiger partial charge in [0.05, 0.1) is 33.9 Å². The Hall–Kier alpha value is -3.48. The Bertz CT molecular complexity index is 1130. The number of furan rings is 1. The van der Waals surface area contributed by atoms with E-state index in [1.54, 1.807) is 0 Å². The minimum absolute atomic E-state index is 0.0881. The molecule has 0 bridgehead atoms. The fraction of sp³-hybridized carbons (Fsp3) is 0.150. The zero-order chi connectivity index (χ0) is 24.2. The maximum atomic E-state index is 13.5. The average molecular weight is 489 g/mol. The van der Waals surface area contributed by atoms with Crippen LogP contribution in [0.3, 0.4) is 0 Å². The van der Waals surface area contributed by atoms with Crippen LogP contribution in [-0.2, 0) is 17.1 Å². The highest BCUT2D eigenvalue weighted by molar-refractivity contribution is 7.99. The molecule has 33 heavy (non-hydrogen) atoms. The molecule has 2 amide bonds. The average Bonchev–Trinajstić information content (AvgIpc) is 3.27. The highest BCUT2D eigenvalue weighted by atomic mass is 32.2. The molecule has 0 aliphatic rings. The molecule has 3 aromatic rings. The van der Waals surface area contributed by atoms with Gasteiger partial charge in [0.15, 0.2) is 5.76 Å². The molecule has 1 aromatic carbocycles. The van der Waals surface area contributed by atoms with Crippen LogP contribution in [0.25, 0.3) is 0 Å². The van der Waals surface area contributed by atoms with Crippen LogP contribution in [0.2, 0.25) is 0 Å². The Kier molecular flexibility index (Phi) is 7.01. The summed E-state index contributed by atoms with van der Waals surface area (Å²) in [5.74, 6) is -2.09. The first-order chi connectivity index (χ1) is 15.4. The summed E-state index contributed by atoms with van der Waals surface area (Å²) in [5, 5.41) is 4.46. The van der Waals surface area contributed by atoms with Crippen LogP contribution in [0.4, 0.5) is 37.7 Å². The second-order valence-corrected chi connectivity index (χ2v) is 7.40. The third kappa shape index (κ3) is 6.51. The summed E-state index contributed by atoms with van der Waals surface area (Å²) < 4.78 is 83.0. The van der Waals surface area contributed by atoms with E-state index in [1.807, 2.05) is 0 Å². The topological polar surface area (TPSA) is 84.2 Å². The van der Waals surface area contributed by atoms with E-state index in [-0.39, 0.29) is 16.5 Å². The number of benzene rings is 1. The van der Waals surface area contributed by atoms with Crippen molar-refractivity contribution in [3.63, 3.8) is 0 Å². The lowest BCUT2D eigenvalue weighted by Gasteiger charge is -2.15. The van der Waals surface area contributed by atoms with E-state index in [1.165, 1.54) is 18.4 Å². The first kappa shape index (κ1) is 24.2. The number of hydrogen-bond donors (Lipinski definition) is 2. The fourth-order valence-corrected chi connectivity index (χ4v) is 3.17. The second-order valence-electron chi connectivity index (χ2n) is 6.41. The van der Waals surface area contributed by atoms with Gasteiger partial charge in [0.2, 0.25) is 5.91 Å². The number of nitrogens with one attached hydrogen (secondary N) is 2. The van der Waals surface area contributed by atoms with Crippen LogP contribution in [0, 0.1) is 0 Å². The number of halogens is 6. The predicted molar refractivity (Wildman–Crippen MR) is 107 cm³/mol. The molecule has 0 radical (unpaired) electrons. The van der Waals surface area contributed by atoms with E-state index >= 15 is 0 Å². The van der Waals surface area contributed by atoms with Gasteiger partial charge in [0, 0.05) is 11.9 Å². The summed E-state index contributed by atoms with van der Waals surface area (Å²) in [6, 6.07) is 7.39. The third-order valence-corrected chi connectivity index (χ3v) is 4.96. The lowest BCUT2D eigenvalue weighted by Crippen LogP contribution is -2.19. The number of anilines is 2. The zero-order valence-electron chi connectivity index (χ0n) is 16.3. The molecule has 0 aliphatic heterocycles. The van der Waals surface area contributed by atoms with Crippen LogP contribution in [0.15, 0.2) is 64.4 Å². The van der Waals surface area contributed by atoms with Gasteiger partial charge in [0.25, 0.3) is 5.91 Å². The molecule has 0 aliphatic carbocycles. The van der Waals surface area contributed by atoms with Gasteiger partial charge in [-0.2, -0.15) is 26.3 Å². The number of alkyl halides is 6. The van der Waals surface area contributed by atoms with Crippen molar-refractivity contribution < 1.29 is 40.3 Å². The van der Waals surface area contributed by atoms with Crippen molar-refractivity contribution in [2.24, 2.45) is 0 Å². The maximum Gasteiger partial charge on any atom is 0.418 e. The number of amides is 2. The van der Waals surface area contributed by atoms with Crippen LogP contribution in [0.1, 0.15) is 21.7 Å². The fourth-order valence-electron chi connectivity index (χ4n) is 2.53. The number of carbonyl (C=O) groups is 2. The van der Waals surface area contributed by atoms with Gasteiger partial charge in [-0.15, -0.1) is 0 Å². The van der Waals surface area contributed by atoms with Crippen molar-refractivity contribution >= 4 is 35.0 Å². The summed E-state index contributed by atoms with van der Waals surface area (Å²) in [5.41, 5.74) is -2.90. The van der Waals surface area contributed by atoms with Gasteiger partial charge in [-0.3, -0.25) is 9.59 Å². The largest absolute Gasteiger partial charge is 0.459 e. The summed E-state index contributed by atoms with van der Waals surface area (Å²) in [7, 11) is 0. The number of hydrogen-bond acceptors (Lipinski definition) is 5. The number of carbonyl (C=O) groups excluding carboxylic acids is 2. The standard InChI is InChI=1S/C20H13F6N3O3S/c21-19(22,23)11-3-6-17(27-9-11)33-10-16(30)29-14-5-4-12(8-13(14)20(24,25)26)28-18(31)15-2-1-7-32-15/h1-9H,10H2,(H,28,31)(H,29,30). The van der Waals surface area contributed by atoms with Crippen LogP contribution >= 0.6 is 11.8 Å². The molecule has 3 rings (SSSR count). The maximum absolute atomic E-state index is 13.5. The van der Waals surface area contributed by atoms with Gasteiger partial charge < -0.3 is 15.1 Å². The summed E-state index contributed by atoms with van der Waals surface area (Å²) in [6.45, 7) is 0. The van der Waals surface area contributed by atoms with Crippen LogP contribution in [-0.4, -0.2) is 22.6 Å². The van der Waals surface area contributed by atoms with Crippen molar-refractivity contribution in [2.45, 2.75) is 17.4 Å². The van der Waals surface area contributed by atoms with Gasteiger partial charge in [-0.05, 0) is 42.5 Å². The number of nitrogens with zero attached hydrogens (tertiary/aromatic N) is 1. The first-order valence-electron chi connectivity index (χ1n) is 8.95. The Morgan fingerprint density at radius 1 is 0.970 bits per heavy atom. The van der Waals surface area contributed by atoms with Crippen molar-refractivity contribution in [2.75, 3.05) is 16.4 Å². The van der Waals surface area contributed by atoms with E-state index in [0.717, 1.165) is 36.0 Å². The first-order valence-corrected chi connectivity index (χ1v) is 9.94. The number of thioether (sulfide) groups is 1. The molecule has 2 aromatic heterocycles. The molecule has 2 N–H and O–H groups in total. The highest BCUT2D eigenvalue weighted by Gasteiger charge is 2.34. The summed E-state index contributed by atoms with van der Waals surface area (Å²) >= 11 is 0.751. The number of aromatic nitrogens is 1. The molecule has 0 atom stereocenters. The van der Waals surface area contributed by atoms with Crippen LogP contribution in [0.5, 0.6) is 0 Å². The molecular weight excluding hydrogens is 476 g/mol. The van der Waals surface area contributed by atoms with Crippen LogP contribution < -0.4 is 10.6 Å². The molecular formula is C20H13F6N3O3S. The molecule has 6 nitrogen and oxygen atoms in total. The van der Waals surface area contributed by atoms with Crippen molar-refractivity contribution in [1.82, 2.24) is 4.98 Å². The molecule has 2 heterocycles. The molecule has 174 valence electrons. The van der Waals surface area contributed by atoms with Gasteiger partial charge in [-0.1, -0.05) is 11.8 Å². The van der Waals surface area contributed by atoms with Crippen molar-refractivity contribution in [3.8, 4) is 0 Å². The van der Waals surface area contributed by atoms with Crippen molar-refractivity contribution in [1.29, 1.82) is 0 Å². The van der Waals surface area contributed by atoms with Crippen molar-refractivity contribution in [3.05, 3.63) is 71.8 Å². The van der Waals surface area contributed by atoms with E-state index in [4.69, 9.17) is 4.42 Å². The van der Waals surface area contributed by atoms with Gasteiger partial charge in [-0.25, -0.2) is 4.98 Å². The van der Waals surface area contributed by atoms with Gasteiger partial charge in [0.1, 0.15) is 0 Å².